The number of carbonyl (C=O) groups excluding carboxylic acids is 3. The van der Waals surface area contributed by atoms with Gasteiger partial charge >= 0.3 is 17.9 Å². The van der Waals surface area contributed by atoms with Crippen molar-refractivity contribution in [2.75, 3.05) is 13.2 Å². The highest BCUT2D eigenvalue weighted by atomic mass is 16.6. The summed E-state index contributed by atoms with van der Waals surface area (Å²) in [4.78, 5) is 38.3. The van der Waals surface area contributed by atoms with E-state index in [4.69, 9.17) is 14.2 Å². The van der Waals surface area contributed by atoms with Crippen molar-refractivity contribution in [3.05, 3.63) is 146 Å². The number of carbonyl (C=O) groups is 3. The monoisotopic (exact) mass is 1130 g/mol. The Hall–Kier alpha value is -4.71. The molecule has 0 radical (unpaired) electrons. The van der Waals surface area contributed by atoms with Crippen LogP contribution in [0.25, 0.3) is 0 Å². The predicted octanol–water partition coefficient (Wildman–Crippen LogP) is 23.5. The summed E-state index contributed by atoms with van der Waals surface area (Å²) in [5.41, 5.74) is 0. The maximum atomic E-state index is 12.9. The van der Waals surface area contributed by atoms with E-state index in [1.165, 1.54) is 109 Å². The van der Waals surface area contributed by atoms with Gasteiger partial charge in [-0.25, -0.2) is 0 Å². The molecule has 0 amide bonds. The summed E-state index contributed by atoms with van der Waals surface area (Å²) in [5, 5.41) is 0. The van der Waals surface area contributed by atoms with Crippen LogP contribution in [0, 0.1) is 0 Å². The van der Waals surface area contributed by atoms with E-state index in [1.807, 2.05) is 0 Å². The topological polar surface area (TPSA) is 78.9 Å². The average molecular weight is 1130 g/mol. The second-order valence-electron chi connectivity index (χ2n) is 22.0. The number of ether oxygens (including phenoxy) is 3. The van der Waals surface area contributed by atoms with E-state index < -0.39 is 6.10 Å². The standard InChI is InChI=1S/C76H124O6/c1-4-7-10-13-16-19-22-25-28-30-31-32-33-34-35-36-37-38-39-40-41-42-43-44-45-47-48-51-54-57-60-63-66-69-75(78)81-72-73(71-80-74(77)68-65-62-59-56-53-50-27-24-21-18-15-12-9-6-3)82-76(79)70-67-64-61-58-55-52-49-46-29-26-23-20-17-14-11-8-5-2/h7,10,15-16,18-19,24-25,27-28,31-32,34-35,37-38,40-41,43-44,47-48,54,57,73H,4-6,8-9,11-14,17,20-23,26,29-30,33,36,39,42,45-46,49-53,55-56,58-72H2,1-3H3/b10-7-,18-15-,19-16-,27-24-,28-25-,32-31-,35-34-,38-37-,41-40-,44-43-,48-47-,57-54-. The molecule has 0 aromatic heterocycles. The SMILES string of the molecule is CC/C=C\C/C=C\C/C=C\C/C=C\C/C=C\C/C=C\C/C=C\C/C=C\C/C=C\C/C=C\CCCCC(=O)OCC(COC(=O)CCCCCCC/C=C\C/C=C\CCCC)OC(=O)CCCCCCCCCCCCCCCCCCC. The molecule has 0 rings (SSSR count). The average Bonchev–Trinajstić information content (AvgIpc) is 3.47. The lowest BCUT2D eigenvalue weighted by Crippen LogP contribution is -2.30. The highest BCUT2D eigenvalue weighted by molar-refractivity contribution is 5.71. The van der Waals surface area contributed by atoms with Gasteiger partial charge in [0.1, 0.15) is 13.2 Å². The zero-order chi connectivity index (χ0) is 59.2. The first-order chi connectivity index (χ1) is 40.5. The Morgan fingerprint density at radius 3 is 0.805 bits per heavy atom. The minimum Gasteiger partial charge on any atom is -0.462 e. The molecule has 0 aromatic rings. The Morgan fingerprint density at radius 2 is 0.488 bits per heavy atom. The molecule has 0 bridgehead atoms. The molecule has 6 nitrogen and oxygen atoms in total. The Bertz CT molecular complexity index is 1780. The van der Waals surface area contributed by atoms with Gasteiger partial charge in [-0.2, -0.15) is 0 Å². The van der Waals surface area contributed by atoms with Crippen molar-refractivity contribution in [1.29, 1.82) is 0 Å². The molecule has 82 heavy (non-hydrogen) atoms. The molecule has 6 heteroatoms. The second-order valence-corrected chi connectivity index (χ2v) is 22.0. The highest BCUT2D eigenvalue weighted by Gasteiger charge is 2.19. The van der Waals surface area contributed by atoms with E-state index in [2.05, 4.69) is 167 Å². The van der Waals surface area contributed by atoms with Crippen LogP contribution in [0.3, 0.4) is 0 Å². The Morgan fingerprint density at radius 1 is 0.256 bits per heavy atom. The molecule has 1 atom stereocenters. The fourth-order valence-electron chi connectivity index (χ4n) is 9.02. The van der Waals surface area contributed by atoms with Gasteiger partial charge in [0.25, 0.3) is 0 Å². The Labute approximate surface area is 506 Å². The molecule has 0 N–H and O–H groups in total. The highest BCUT2D eigenvalue weighted by Crippen LogP contribution is 2.16. The quantitative estimate of drug-likeness (QED) is 0.0261. The molecule has 0 spiro atoms. The number of hydrogen-bond acceptors (Lipinski definition) is 6. The lowest BCUT2D eigenvalue weighted by atomic mass is 10.0. The lowest BCUT2D eigenvalue weighted by molar-refractivity contribution is -0.167. The largest absolute Gasteiger partial charge is 0.462 e. The van der Waals surface area contributed by atoms with E-state index in [0.29, 0.717) is 25.7 Å². The third-order valence-electron chi connectivity index (χ3n) is 14.1. The minimum atomic E-state index is -0.806. The van der Waals surface area contributed by atoms with Crippen LogP contribution in [0.5, 0.6) is 0 Å². The van der Waals surface area contributed by atoms with Gasteiger partial charge < -0.3 is 14.2 Å². The van der Waals surface area contributed by atoms with Crippen molar-refractivity contribution in [2.24, 2.45) is 0 Å². The molecule has 0 aromatic carbocycles. The summed E-state index contributed by atoms with van der Waals surface area (Å²) < 4.78 is 16.9. The third kappa shape index (κ3) is 66.1. The second kappa shape index (κ2) is 68.8. The van der Waals surface area contributed by atoms with Gasteiger partial charge in [-0.05, 0) is 122 Å². The zero-order valence-corrected chi connectivity index (χ0v) is 53.2. The summed E-state index contributed by atoms with van der Waals surface area (Å²) >= 11 is 0. The number of hydrogen-bond donors (Lipinski definition) is 0. The molecule has 0 saturated heterocycles. The number of unbranched alkanes of at least 4 members (excludes halogenated alkanes) is 25. The van der Waals surface area contributed by atoms with E-state index >= 15 is 0 Å². The van der Waals surface area contributed by atoms with Crippen molar-refractivity contribution >= 4 is 17.9 Å². The molecule has 0 aliphatic heterocycles. The van der Waals surface area contributed by atoms with Gasteiger partial charge in [0.05, 0.1) is 0 Å². The van der Waals surface area contributed by atoms with Crippen LogP contribution in [0.1, 0.15) is 297 Å². The van der Waals surface area contributed by atoms with Gasteiger partial charge in [-0.3, -0.25) is 14.4 Å². The van der Waals surface area contributed by atoms with Crippen molar-refractivity contribution in [1.82, 2.24) is 0 Å². The lowest BCUT2D eigenvalue weighted by Gasteiger charge is -2.18. The van der Waals surface area contributed by atoms with Crippen molar-refractivity contribution < 1.29 is 28.6 Å². The molecule has 1 unspecified atom stereocenters. The van der Waals surface area contributed by atoms with Gasteiger partial charge in [0, 0.05) is 19.3 Å². The van der Waals surface area contributed by atoms with E-state index in [9.17, 15) is 14.4 Å². The molecular weight excluding hydrogens is 1010 g/mol. The zero-order valence-electron chi connectivity index (χ0n) is 53.2. The van der Waals surface area contributed by atoms with Gasteiger partial charge in [0.2, 0.25) is 0 Å². The van der Waals surface area contributed by atoms with Crippen LogP contribution < -0.4 is 0 Å². The maximum absolute atomic E-state index is 12.9. The summed E-state index contributed by atoms with van der Waals surface area (Å²) in [5.74, 6) is -0.954. The fourth-order valence-corrected chi connectivity index (χ4v) is 9.02. The number of rotatable bonds is 60. The predicted molar refractivity (Wildman–Crippen MR) is 357 cm³/mol. The summed E-state index contributed by atoms with van der Waals surface area (Å²) in [6.07, 6.45) is 98.6. The fraction of sp³-hybridized carbons (Fsp3) is 0.645. The molecule has 0 heterocycles. The molecule has 0 aliphatic rings. The van der Waals surface area contributed by atoms with Crippen LogP contribution >= 0.6 is 0 Å². The molecular formula is C76H124O6. The summed E-state index contributed by atoms with van der Waals surface area (Å²) in [6.45, 7) is 6.45. The molecule has 0 fully saturated rings. The van der Waals surface area contributed by atoms with Gasteiger partial charge in [-0.15, -0.1) is 0 Å². The van der Waals surface area contributed by atoms with E-state index in [0.717, 1.165) is 141 Å². The van der Waals surface area contributed by atoms with E-state index in [-0.39, 0.29) is 31.1 Å². The first kappa shape index (κ1) is 77.3. The first-order valence-corrected chi connectivity index (χ1v) is 33.8. The van der Waals surface area contributed by atoms with Crippen LogP contribution in [-0.2, 0) is 28.6 Å². The smallest absolute Gasteiger partial charge is 0.306 e. The van der Waals surface area contributed by atoms with Gasteiger partial charge in [-0.1, -0.05) is 301 Å². The summed E-state index contributed by atoms with van der Waals surface area (Å²) in [7, 11) is 0. The van der Waals surface area contributed by atoms with Crippen LogP contribution in [0.4, 0.5) is 0 Å². The number of allylic oxidation sites excluding steroid dienone is 24. The summed E-state index contributed by atoms with van der Waals surface area (Å²) in [6, 6.07) is 0. The van der Waals surface area contributed by atoms with Crippen LogP contribution in [0.15, 0.2) is 146 Å². The maximum Gasteiger partial charge on any atom is 0.306 e. The molecule has 0 saturated carbocycles. The Kier molecular flexibility index (Phi) is 64.8. The van der Waals surface area contributed by atoms with Crippen molar-refractivity contribution in [3.63, 3.8) is 0 Å². The minimum absolute atomic E-state index is 0.101. The van der Waals surface area contributed by atoms with Crippen LogP contribution in [-0.4, -0.2) is 37.2 Å². The Balaban J connectivity index is 4.40. The van der Waals surface area contributed by atoms with Gasteiger partial charge in [0.15, 0.2) is 6.10 Å². The van der Waals surface area contributed by atoms with Crippen molar-refractivity contribution in [2.45, 2.75) is 303 Å². The number of esters is 3. The van der Waals surface area contributed by atoms with Crippen LogP contribution in [0.2, 0.25) is 0 Å². The normalized spacial score (nSPS) is 13.1. The molecule has 0 aliphatic carbocycles. The molecule has 464 valence electrons. The third-order valence-corrected chi connectivity index (χ3v) is 14.1. The first-order valence-electron chi connectivity index (χ1n) is 33.8. The van der Waals surface area contributed by atoms with E-state index in [1.54, 1.807) is 0 Å². The van der Waals surface area contributed by atoms with Crippen molar-refractivity contribution in [3.8, 4) is 0 Å².